The summed E-state index contributed by atoms with van der Waals surface area (Å²) in [7, 11) is 0. The van der Waals surface area contributed by atoms with E-state index in [1.165, 1.54) is 6.08 Å². The fourth-order valence-corrected chi connectivity index (χ4v) is 1.78. The lowest BCUT2D eigenvalue weighted by atomic mass is 9.88. The Balaban J connectivity index is 2.64. The number of hydrogen-bond donors (Lipinski definition) is 1. The van der Waals surface area contributed by atoms with Gasteiger partial charge >= 0.3 is 0 Å². The minimum Gasteiger partial charge on any atom is -0.507 e. The van der Waals surface area contributed by atoms with Crippen molar-refractivity contribution in [1.29, 1.82) is 0 Å². The summed E-state index contributed by atoms with van der Waals surface area (Å²) in [5.74, 6) is -1.32. The van der Waals surface area contributed by atoms with Crippen LogP contribution < -0.4 is 0 Å². The van der Waals surface area contributed by atoms with Crippen LogP contribution in [0, 0.1) is 0 Å². The quantitative estimate of drug-likeness (QED) is 0.792. The molecule has 0 aromatic heterocycles. The molecule has 2 rings (SSSR count). The molecule has 0 aliphatic heterocycles. The predicted octanol–water partition coefficient (Wildman–Crippen LogP) is 2.69. The summed E-state index contributed by atoms with van der Waals surface area (Å²) in [4.78, 5) is 23.6. The maximum Gasteiger partial charge on any atom is 0.237 e. The molecule has 0 amide bonds. The van der Waals surface area contributed by atoms with Crippen molar-refractivity contribution in [2.24, 2.45) is 0 Å². The molecule has 1 N–H and O–H groups in total. The van der Waals surface area contributed by atoms with Gasteiger partial charge in [0.25, 0.3) is 0 Å². The van der Waals surface area contributed by atoms with Gasteiger partial charge < -0.3 is 5.11 Å². The van der Waals surface area contributed by atoms with Crippen molar-refractivity contribution >= 4 is 17.3 Å². The zero-order valence-corrected chi connectivity index (χ0v) is 9.43. The third-order valence-corrected chi connectivity index (χ3v) is 2.65. The molecule has 0 heterocycles. The summed E-state index contributed by atoms with van der Waals surface area (Å²) in [6.45, 7) is 1.91. The van der Waals surface area contributed by atoms with Crippen LogP contribution in [0.3, 0.4) is 0 Å². The molecule has 3 nitrogen and oxygen atoms in total. The fraction of sp³-hybridized carbons (Fsp3) is 0.143. The molecule has 0 unspecified atom stereocenters. The van der Waals surface area contributed by atoms with Crippen molar-refractivity contribution in [1.82, 2.24) is 0 Å². The summed E-state index contributed by atoms with van der Waals surface area (Å²) in [6, 6.07) is 6.57. The second-order valence-electron chi connectivity index (χ2n) is 3.78. The van der Waals surface area contributed by atoms with Crippen molar-refractivity contribution in [3.05, 3.63) is 53.1 Å². The number of allylic oxidation sites excluding steroid dienone is 3. The number of hydrogen-bond acceptors (Lipinski definition) is 3. The largest absolute Gasteiger partial charge is 0.507 e. The molecule has 0 fully saturated rings. The van der Waals surface area contributed by atoms with Gasteiger partial charge in [-0.15, -0.1) is 0 Å². The van der Waals surface area contributed by atoms with Crippen LogP contribution in [0.2, 0.25) is 0 Å². The first kappa shape index (κ1) is 11.3. The van der Waals surface area contributed by atoms with Crippen LogP contribution in [0.4, 0.5) is 0 Å². The molecule has 0 spiro atoms. The van der Waals surface area contributed by atoms with E-state index in [9.17, 15) is 14.7 Å². The standard InChI is InChI=1S/C14H12O3/c1-2-3-6-11-12(15)9-7-4-5-8-10(9)13(16)14(11)17/h3-8,15H,2H2,1H3/b6-3+. The highest BCUT2D eigenvalue weighted by Crippen LogP contribution is 2.28. The Morgan fingerprint density at radius 1 is 1.12 bits per heavy atom. The summed E-state index contributed by atoms with van der Waals surface area (Å²) >= 11 is 0. The van der Waals surface area contributed by atoms with Gasteiger partial charge in [0.15, 0.2) is 0 Å². The first-order chi connectivity index (χ1) is 8.16. The Kier molecular flexibility index (Phi) is 2.91. The Morgan fingerprint density at radius 2 is 1.76 bits per heavy atom. The summed E-state index contributed by atoms with van der Waals surface area (Å²) in [5, 5.41) is 9.99. The lowest BCUT2D eigenvalue weighted by Gasteiger charge is -2.15. The monoisotopic (exact) mass is 228 g/mol. The molecule has 1 aliphatic rings. The van der Waals surface area contributed by atoms with Gasteiger partial charge in [0.2, 0.25) is 11.6 Å². The first-order valence-electron chi connectivity index (χ1n) is 5.45. The second-order valence-corrected chi connectivity index (χ2v) is 3.78. The Bertz CT molecular complexity index is 550. The summed E-state index contributed by atoms with van der Waals surface area (Å²) in [6.07, 6.45) is 3.98. The number of carbonyl (C=O) groups is 2. The van der Waals surface area contributed by atoms with Gasteiger partial charge in [0, 0.05) is 11.1 Å². The molecule has 1 aromatic rings. The number of aliphatic hydroxyl groups excluding tert-OH is 1. The summed E-state index contributed by atoms with van der Waals surface area (Å²) < 4.78 is 0. The van der Waals surface area contributed by atoms with Crippen molar-refractivity contribution < 1.29 is 14.7 Å². The van der Waals surface area contributed by atoms with E-state index >= 15 is 0 Å². The number of carbonyl (C=O) groups excluding carboxylic acids is 2. The number of ketones is 2. The van der Waals surface area contributed by atoms with Gasteiger partial charge in [-0.2, -0.15) is 0 Å². The normalized spacial score (nSPS) is 15.6. The van der Waals surface area contributed by atoms with Gasteiger partial charge in [0.1, 0.15) is 5.76 Å². The lowest BCUT2D eigenvalue weighted by molar-refractivity contribution is -0.111. The average Bonchev–Trinajstić information content (AvgIpc) is 2.36. The molecule has 0 bridgehead atoms. The zero-order valence-electron chi connectivity index (χ0n) is 9.43. The Morgan fingerprint density at radius 3 is 2.41 bits per heavy atom. The van der Waals surface area contributed by atoms with Crippen molar-refractivity contribution in [2.75, 3.05) is 0 Å². The van der Waals surface area contributed by atoms with Crippen LogP contribution >= 0.6 is 0 Å². The molecule has 0 saturated heterocycles. The number of Topliss-reactive ketones (excluding diaryl/α,β-unsaturated/α-hetero) is 2. The van der Waals surface area contributed by atoms with Crippen LogP contribution in [-0.2, 0) is 4.79 Å². The molecule has 1 aromatic carbocycles. The van der Waals surface area contributed by atoms with Crippen LogP contribution in [0.25, 0.3) is 5.76 Å². The van der Waals surface area contributed by atoms with Gasteiger partial charge in [-0.1, -0.05) is 43.3 Å². The molecule has 17 heavy (non-hydrogen) atoms. The number of aliphatic hydroxyl groups is 1. The first-order valence-corrected chi connectivity index (χ1v) is 5.45. The van der Waals surface area contributed by atoms with E-state index in [1.807, 2.05) is 6.92 Å². The van der Waals surface area contributed by atoms with Gasteiger partial charge in [0.05, 0.1) is 5.57 Å². The molecular weight excluding hydrogens is 216 g/mol. The maximum absolute atomic E-state index is 11.8. The minimum atomic E-state index is -0.647. The molecular formula is C14H12O3. The number of benzene rings is 1. The fourth-order valence-electron chi connectivity index (χ4n) is 1.78. The predicted molar refractivity (Wildman–Crippen MR) is 64.8 cm³/mol. The molecule has 0 saturated carbocycles. The molecule has 1 aliphatic carbocycles. The SMILES string of the molecule is CC/C=C/C1=C(O)c2ccccc2C(=O)C1=O. The molecule has 0 atom stereocenters. The van der Waals surface area contributed by atoms with Crippen LogP contribution in [0.15, 0.2) is 42.0 Å². The zero-order chi connectivity index (χ0) is 12.4. The van der Waals surface area contributed by atoms with Gasteiger partial charge in [-0.25, -0.2) is 0 Å². The Hall–Kier alpha value is -2.16. The minimum absolute atomic E-state index is 0.0792. The molecule has 3 heteroatoms. The average molecular weight is 228 g/mol. The van der Waals surface area contributed by atoms with Crippen molar-refractivity contribution in [3.63, 3.8) is 0 Å². The highest BCUT2D eigenvalue weighted by Gasteiger charge is 2.30. The van der Waals surface area contributed by atoms with E-state index in [4.69, 9.17) is 0 Å². The van der Waals surface area contributed by atoms with Gasteiger partial charge in [-0.3, -0.25) is 9.59 Å². The highest BCUT2D eigenvalue weighted by atomic mass is 16.3. The maximum atomic E-state index is 11.8. The number of fused-ring (bicyclic) bond motifs is 1. The molecule has 0 radical (unpaired) electrons. The van der Waals surface area contributed by atoms with E-state index in [-0.39, 0.29) is 16.9 Å². The van der Waals surface area contributed by atoms with Crippen LogP contribution in [0.1, 0.15) is 29.3 Å². The van der Waals surface area contributed by atoms with E-state index in [2.05, 4.69) is 0 Å². The molecule has 86 valence electrons. The van der Waals surface area contributed by atoms with Gasteiger partial charge in [-0.05, 0) is 6.42 Å². The van der Waals surface area contributed by atoms with Crippen LogP contribution in [0.5, 0.6) is 0 Å². The second kappa shape index (κ2) is 4.37. The topological polar surface area (TPSA) is 54.4 Å². The van der Waals surface area contributed by atoms with E-state index in [0.717, 1.165) is 6.42 Å². The smallest absolute Gasteiger partial charge is 0.237 e. The summed E-state index contributed by atoms with van der Waals surface area (Å²) in [5.41, 5.74) is 0.770. The lowest BCUT2D eigenvalue weighted by Crippen LogP contribution is -2.23. The number of rotatable bonds is 2. The van der Waals surface area contributed by atoms with E-state index in [0.29, 0.717) is 5.56 Å². The van der Waals surface area contributed by atoms with E-state index in [1.54, 1.807) is 30.3 Å². The Labute approximate surface area is 99.1 Å². The van der Waals surface area contributed by atoms with Crippen LogP contribution in [-0.4, -0.2) is 16.7 Å². The van der Waals surface area contributed by atoms with E-state index < -0.39 is 11.6 Å². The highest BCUT2D eigenvalue weighted by molar-refractivity contribution is 6.52. The third kappa shape index (κ3) is 1.80. The van der Waals surface area contributed by atoms with Crippen molar-refractivity contribution in [3.8, 4) is 0 Å². The third-order valence-electron chi connectivity index (χ3n) is 2.65. The van der Waals surface area contributed by atoms with Crippen molar-refractivity contribution in [2.45, 2.75) is 13.3 Å².